The summed E-state index contributed by atoms with van der Waals surface area (Å²) in [6.45, 7) is 0. The number of nitrogens with one attached hydrogen (secondary N) is 1. The van der Waals surface area contributed by atoms with E-state index in [0.29, 0.717) is 17.9 Å². The lowest BCUT2D eigenvalue weighted by molar-refractivity contribution is 0.102. The zero-order chi connectivity index (χ0) is 15.6. The van der Waals surface area contributed by atoms with E-state index in [0.717, 1.165) is 0 Å². The van der Waals surface area contributed by atoms with E-state index in [1.807, 2.05) is 5.32 Å². The quantitative estimate of drug-likeness (QED) is 0.856. The predicted octanol–water partition coefficient (Wildman–Crippen LogP) is 2.95. The normalized spacial score (nSPS) is 10.3. The van der Waals surface area contributed by atoms with Crippen LogP contribution >= 0.6 is 0 Å². The Labute approximate surface area is 118 Å². The first kappa shape index (κ1) is 14.7. The van der Waals surface area contributed by atoms with Crippen molar-refractivity contribution in [3.05, 3.63) is 53.3 Å². The number of hydrogen-bond donors (Lipinski definition) is 2. The second-order valence-corrected chi connectivity index (χ2v) is 4.16. The van der Waals surface area contributed by atoms with Crippen LogP contribution in [0.2, 0.25) is 0 Å². The molecule has 0 aliphatic heterocycles. The monoisotopic (exact) mass is 296 g/mol. The molecule has 4 nitrogen and oxygen atoms in total. The van der Waals surface area contributed by atoms with Crippen molar-refractivity contribution in [1.29, 1.82) is 0 Å². The molecule has 0 aromatic heterocycles. The summed E-state index contributed by atoms with van der Waals surface area (Å²) in [4.78, 5) is 11.9. The van der Waals surface area contributed by atoms with Gasteiger partial charge in [0.25, 0.3) is 5.91 Å². The molecule has 0 saturated carbocycles. The van der Waals surface area contributed by atoms with Crippen molar-refractivity contribution in [3.63, 3.8) is 0 Å². The zero-order valence-electron chi connectivity index (χ0n) is 10.9. The van der Waals surface area contributed by atoms with Crippen LogP contribution in [-0.4, -0.2) is 13.0 Å². The van der Waals surface area contributed by atoms with Crippen LogP contribution in [-0.2, 0) is 0 Å². The maximum Gasteiger partial charge on any atom is 0.255 e. The molecule has 21 heavy (non-hydrogen) atoms. The van der Waals surface area contributed by atoms with Crippen molar-refractivity contribution in [2.24, 2.45) is 0 Å². The second-order valence-electron chi connectivity index (χ2n) is 4.16. The Bertz CT molecular complexity index is 682. The van der Waals surface area contributed by atoms with E-state index in [4.69, 9.17) is 10.5 Å². The van der Waals surface area contributed by atoms with E-state index in [9.17, 15) is 18.0 Å². The number of rotatable bonds is 3. The molecule has 110 valence electrons. The maximum atomic E-state index is 13.4. The largest absolute Gasteiger partial charge is 0.495 e. The molecule has 1 amide bonds. The lowest BCUT2D eigenvalue weighted by Crippen LogP contribution is -2.15. The zero-order valence-corrected chi connectivity index (χ0v) is 10.9. The average molecular weight is 296 g/mol. The molecule has 0 atom stereocenters. The van der Waals surface area contributed by atoms with E-state index in [1.165, 1.54) is 25.3 Å². The van der Waals surface area contributed by atoms with Crippen molar-refractivity contribution in [2.75, 3.05) is 18.2 Å². The standard InChI is InChI=1S/C14H11F3N2O2/c1-21-12-3-2-7(4-11(12)18)14(20)19-13-9(16)5-8(15)6-10(13)17/h2-6H,18H2,1H3,(H,19,20). The molecule has 0 heterocycles. The van der Waals surface area contributed by atoms with Gasteiger partial charge in [0.15, 0.2) is 11.6 Å². The molecule has 0 bridgehead atoms. The number of amides is 1. The van der Waals surface area contributed by atoms with Gasteiger partial charge in [-0.2, -0.15) is 0 Å². The number of hydrogen-bond acceptors (Lipinski definition) is 3. The van der Waals surface area contributed by atoms with Crippen LogP contribution in [0.15, 0.2) is 30.3 Å². The van der Waals surface area contributed by atoms with Gasteiger partial charge in [-0.1, -0.05) is 0 Å². The molecule has 0 spiro atoms. The molecular weight excluding hydrogens is 285 g/mol. The van der Waals surface area contributed by atoms with Crippen molar-refractivity contribution >= 4 is 17.3 Å². The summed E-state index contributed by atoms with van der Waals surface area (Å²) in [5, 5.41) is 2.03. The lowest BCUT2D eigenvalue weighted by atomic mass is 10.1. The van der Waals surface area contributed by atoms with Crippen LogP contribution in [0.1, 0.15) is 10.4 Å². The molecule has 0 fully saturated rings. The van der Waals surface area contributed by atoms with Gasteiger partial charge in [0.2, 0.25) is 0 Å². The van der Waals surface area contributed by atoms with Crippen molar-refractivity contribution in [2.45, 2.75) is 0 Å². The third-order valence-electron chi connectivity index (χ3n) is 2.74. The van der Waals surface area contributed by atoms with Crippen LogP contribution in [0.4, 0.5) is 24.5 Å². The highest BCUT2D eigenvalue weighted by Gasteiger charge is 2.16. The number of anilines is 2. The van der Waals surface area contributed by atoms with Crippen LogP contribution in [0.5, 0.6) is 5.75 Å². The summed E-state index contributed by atoms with van der Waals surface area (Å²) in [5.74, 6) is -3.90. The second kappa shape index (κ2) is 5.74. The first-order valence-electron chi connectivity index (χ1n) is 5.81. The van der Waals surface area contributed by atoms with E-state index >= 15 is 0 Å². The predicted molar refractivity (Wildman–Crippen MR) is 71.7 cm³/mol. The van der Waals surface area contributed by atoms with Crippen molar-refractivity contribution in [1.82, 2.24) is 0 Å². The summed E-state index contributed by atoms with van der Waals surface area (Å²) in [7, 11) is 1.41. The highest BCUT2D eigenvalue weighted by molar-refractivity contribution is 6.05. The van der Waals surface area contributed by atoms with Gasteiger partial charge in [-0.3, -0.25) is 4.79 Å². The van der Waals surface area contributed by atoms with Gasteiger partial charge in [0.1, 0.15) is 17.3 Å². The maximum absolute atomic E-state index is 13.4. The third kappa shape index (κ3) is 3.07. The SMILES string of the molecule is COc1ccc(C(=O)Nc2c(F)cc(F)cc2F)cc1N. The van der Waals surface area contributed by atoms with E-state index in [1.54, 1.807) is 0 Å². The lowest BCUT2D eigenvalue weighted by Gasteiger charge is -2.09. The van der Waals surface area contributed by atoms with Gasteiger partial charge in [0, 0.05) is 17.7 Å². The molecule has 0 saturated heterocycles. The topological polar surface area (TPSA) is 64.3 Å². The van der Waals surface area contributed by atoms with Crippen LogP contribution < -0.4 is 15.8 Å². The number of nitrogen functional groups attached to an aromatic ring is 1. The molecule has 2 aromatic rings. The third-order valence-corrected chi connectivity index (χ3v) is 2.74. The number of halogens is 3. The van der Waals surface area contributed by atoms with Crippen LogP contribution in [0.25, 0.3) is 0 Å². The minimum absolute atomic E-state index is 0.0800. The molecule has 2 aromatic carbocycles. The van der Waals surface area contributed by atoms with Gasteiger partial charge >= 0.3 is 0 Å². The van der Waals surface area contributed by atoms with Crippen LogP contribution in [0, 0.1) is 17.5 Å². The smallest absolute Gasteiger partial charge is 0.255 e. The number of carbonyl (C=O) groups is 1. The van der Waals surface area contributed by atoms with Gasteiger partial charge in [-0.05, 0) is 18.2 Å². The summed E-state index contributed by atoms with van der Waals surface area (Å²) in [6, 6.07) is 5.07. The number of benzene rings is 2. The Kier molecular flexibility index (Phi) is 4.02. The molecule has 3 N–H and O–H groups in total. The molecule has 0 aliphatic carbocycles. The van der Waals surface area contributed by atoms with Gasteiger partial charge in [-0.15, -0.1) is 0 Å². The first-order chi connectivity index (χ1) is 9.92. The molecular formula is C14H11F3N2O2. The molecule has 7 heteroatoms. The summed E-state index contributed by atoms with van der Waals surface area (Å²) < 4.78 is 44.6. The average Bonchev–Trinajstić information content (AvgIpc) is 2.42. The molecule has 2 rings (SSSR count). The summed E-state index contributed by atoms with van der Waals surface area (Å²) >= 11 is 0. The fraction of sp³-hybridized carbons (Fsp3) is 0.0714. The highest BCUT2D eigenvalue weighted by atomic mass is 19.1. The van der Waals surface area contributed by atoms with Gasteiger partial charge in [0.05, 0.1) is 12.8 Å². The number of ether oxygens (including phenoxy) is 1. The molecule has 0 aliphatic rings. The molecule has 0 unspecified atom stereocenters. The first-order valence-corrected chi connectivity index (χ1v) is 5.81. The Morgan fingerprint density at radius 3 is 2.29 bits per heavy atom. The highest BCUT2D eigenvalue weighted by Crippen LogP contribution is 2.24. The Hall–Kier alpha value is -2.70. The summed E-state index contributed by atoms with van der Waals surface area (Å²) in [5.41, 5.74) is 5.19. The van der Waals surface area contributed by atoms with Crippen LogP contribution in [0.3, 0.4) is 0 Å². The number of nitrogens with two attached hydrogens (primary N) is 1. The fourth-order valence-corrected chi connectivity index (χ4v) is 1.72. The van der Waals surface area contributed by atoms with E-state index in [2.05, 4.69) is 0 Å². The van der Waals surface area contributed by atoms with Gasteiger partial charge < -0.3 is 15.8 Å². The van der Waals surface area contributed by atoms with Gasteiger partial charge in [-0.25, -0.2) is 13.2 Å². The Morgan fingerprint density at radius 1 is 1.14 bits per heavy atom. The van der Waals surface area contributed by atoms with Crippen molar-refractivity contribution < 1.29 is 22.7 Å². The fourth-order valence-electron chi connectivity index (χ4n) is 1.72. The minimum Gasteiger partial charge on any atom is -0.495 e. The molecule has 0 radical (unpaired) electrons. The Balaban J connectivity index is 2.28. The van der Waals surface area contributed by atoms with E-state index < -0.39 is 29.0 Å². The number of methoxy groups -OCH3 is 1. The summed E-state index contributed by atoms with van der Waals surface area (Å²) in [6.07, 6.45) is 0. The minimum atomic E-state index is -1.21. The van der Waals surface area contributed by atoms with E-state index in [-0.39, 0.29) is 11.3 Å². The Morgan fingerprint density at radius 2 is 1.76 bits per heavy atom. The van der Waals surface area contributed by atoms with Crippen molar-refractivity contribution in [3.8, 4) is 5.75 Å². The number of carbonyl (C=O) groups excluding carboxylic acids is 1.